The van der Waals surface area contributed by atoms with Gasteiger partial charge < -0.3 is 15.5 Å². The summed E-state index contributed by atoms with van der Waals surface area (Å²) < 4.78 is 1.76. The number of aliphatic hydroxyl groups excluding tert-OH is 2. The number of nitrogens with zero attached hydrogens (tertiary/aromatic N) is 4. The molecule has 7 nitrogen and oxygen atoms in total. The van der Waals surface area contributed by atoms with Crippen LogP contribution in [0.2, 0.25) is 5.15 Å². The first-order valence-electron chi connectivity index (χ1n) is 8.82. The smallest absolute Gasteiger partial charge is 0.203 e. The van der Waals surface area contributed by atoms with Gasteiger partial charge in [-0.3, -0.25) is 4.40 Å². The molecule has 0 bridgehead atoms. The lowest BCUT2D eigenvalue weighted by Gasteiger charge is -2.14. The molecule has 3 N–H and O–H groups in total. The van der Waals surface area contributed by atoms with Gasteiger partial charge in [0.05, 0.1) is 17.5 Å². The Balaban J connectivity index is 1.44. The number of thioether (sulfide) groups is 1. The topological polar surface area (TPSA) is 95.6 Å². The van der Waals surface area contributed by atoms with Crippen LogP contribution < -0.4 is 5.32 Å². The van der Waals surface area contributed by atoms with Gasteiger partial charge in [-0.25, -0.2) is 4.98 Å². The van der Waals surface area contributed by atoms with Gasteiger partial charge in [0.15, 0.2) is 11.6 Å². The van der Waals surface area contributed by atoms with E-state index in [0.29, 0.717) is 34.1 Å². The number of halogens is 1. The third kappa shape index (κ3) is 3.06. The minimum atomic E-state index is -0.878. The highest BCUT2D eigenvalue weighted by Crippen LogP contribution is 2.43. The molecule has 2 fully saturated rings. The van der Waals surface area contributed by atoms with Crippen molar-refractivity contribution >= 4 is 34.8 Å². The Labute approximate surface area is 164 Å². The number of nitrogens with one attached hydrogen (secondary N) is 1. The third-order valence-corrected chi connectivity index (χ3v) is 6.70. The maximum atomic E-state index is 10.2. The van der Waals surface area contributed by atoms with Crippen LogP contribution in [0.4, 0.5) is 5.82 Å². The van der Waals surface area contributed by atoms with Gasteiger partial charge in [0, 0.05) is 23.9 Å². The number of hydrogen-bond donors (Lipinski definition) is 3. The Morgan fingerprint density at radius 1 is 1.19 bits per heavy atom. The first-order chi connectivity index (χ1) is 13.1. The van der Waals surface area contributed by atoms with Gasteiger partial charge >= 0.3 is 0 Å². The standard InChI is InChI=1S/C18H18ClN5O2S/c19-13-7-24-17(15-14(26)12(25)8-27-15)22-23-18(24)16(21-13)20-11-6-10(11)9-4-2-1-3-5-9/h1-5,7,10-12,14-15,25-26H,6,8H2,(H,20,21)/t10-,11+,12-,14-,15-/m1/s1. The zero-order valence-corrected chi connectivity index (χ0v) is 15.8. The van der Waals surface area contributed by atoms with Crippen LogP contribution in [0.25, 0.3) is 5.65 Å². The highest BCUT2D eigenvalue weighted by molar-refractivity contribution is 7.99. The first kappa shape index (κ1) is 17.2. The molecule has 0 unspecified atom stereocenters. The van der Waals surface area contributed by atoms with E-state index in [1.807, 2.05) is 18.2 Å². The van der Waals surface area contributed by atoms with Gasteiger partial charge in [0.2, 0.25) is 5.65 Å². The summed E-state index contributed by atoms with van der Waals surface area (Å²) in [6.07, 6.45) is 1.03. The Morgan fingerprint density at radius 2 is 2.00 bits per heavy atom. The van der Waals surface area contributed by atoms with Gasteiger partial charge in [0.25, 0.3) is 0 Å². The lowest BCUT2D eigenvalue weighted by atomic mass is 10.1. The summed E-state index contributed by atoms with van der Waals surface area (Å²) in [5, 5.41) is 32.0. The summed E-state index contributed by atoms with van der Waals surface area (Å²) in [5.74, 6) is 2.06. The van der Waals surface area contributed by atoms with E-state index in [0.717, 1.165) is 6.42 Å². The van der Waals surface area contributed by atoms with Crippen molar-refractivity contribution in [3.8, 4) is 0 Å². The molecule has 5 atom stereocenters. The Bertz CT molecular complexity index is 985. The average Bonchev–Trinajstić information content (AvgIpc) is 3.19. The summed E-state index contributed by atoms with van der Waals surface area (Å²) in [6.45, 7) is 0. The molecule has 1 aromatic carbocycles. The fourth-order valence-electron chi connectivity index (χ4n) is 3.60. The lowest BCUT2D eigenvalue weighted by molar-refractivity contribution is 0.0404. The maximum Gasteiger partial charge on any atom is 0.203 e. The molecule has 3 aromatic rings. The van der Waals surface area contributed by atoms with Gasteiger partial charge in [0.1, 0.15) is 5.15 Å². The summed E-state index contributed by atoms with van der Waals surface area (Å²) in [4.78, 5) is 4.40. The van der Waals surface area contributed by atoms with Crippen LogP contribution in [0.15, 0.2) is 36.5 Å². The van der Waals surface area contributed by atoms with Crippen molar-refractivity contribution in [1.82, 2.24) is 19.6 Å². The molecule has 0 amide bonds. The van der Waals surface area contributed by atoms with Crippen LogP contribution >= 0.6 is 23.4 Å². The zero-order chi connectivity index (χ0) is 18.5. The number of aliphatic hydroxyl groups is 2. The van der Waals surface area contributed by atoms with Crippen LogP contribution in [0.3, 0.4) is 0 Å². The normalized spacial score (nSPS) is 30.0. The second-order valence-corrected chi connectivity index (χ2v) is 8.54. The Hall–Kier alpha value is -1.87. The molecule has 3 heterocycles. The van der Waals surface area contributed by atoms with Crippen molar-refractivity contribution in [3.63, 3.8) is 0 Å². The van der Waals surface area contributed by atoms with Crippen LogP contribution in [-0.4, -0.2) is 53.8 Å². The molecule has 1 saturated carbocycles. The van der Waals surface area contributed by atoms with Crippen molar-refractivity contribution < 1.29 is 10.2 Å². The molecular weight excluding hydrogens is 386 g/mol. The predicted octanol–water partition coefficient (Wildman–Crippen LogP) is 2.26. The molecule has 9 heteroatoms. The number of benzene rings is 1. The minimum Gasteiger partial charge on any atom is -0.390 e. The molecule has 0 radical (unpaired) electrons. The second kappa shape index (κ2) is 6.63. The number of rotatable bonds is 4. The summed E-state index contributed by atoms with van der Waals surface area (Å²) in [7, 11) is 0. The van der Waals surface area contributed by atoms with Gasteiger partial charge in [-0.05, 0) is 12.0 Å². The van der Waals surface area contributed by atoms with E-state index in [4.69, 9.17) is 11.6 Å². The Kier molecular flexibility index (Phi) is 4.23. The van der Waals surface area contributed by atoms with Gasteiger partial charge in [-0.15, -0.1) is 22.0 Å². The van der Waals surface area contributed by atoms with Crippen LogP contribution in [0.5, 0.6) is 0 Å². The molecule has 5 rings (SSSR count). The number of aromatic nitrogens is 4. The molecule has 140 valence electrons. The Morgan fingerprint density at radius 3 is 2.74 bits per heavy atom. The highest BCUT2D eigenvalue weighted by atomic mass is 35.5. The van der Waals surface area contributed by atoms with Crippen LogP contribution in [0.1, 0.15) is 29.0 Å². The van der Waals surface area contributed by atoms with Crippen LogP contribution in [-0.2, 0) is 0 Å². The molecule has 1 aliphatic heterocycles. The second-order valence-electron chi connectivity index (χ2n) is 6.98. The largest absolute Gasteiger partial charge is 0.390 e. The van der Waals surface area contributed by atoms with E-state index < -0.39 is 12.2 Å². The molecular formula is C18H18ClN5O2S. The molecule has 1 saturated heterocycles. The maximum absolute atomic E-state index is 10.2. The fraction of sp³-hybridized carbons (Fsp3) is 0.389. The first-order valence-corrected chi connectivity index (χ1v) is 10.2. The van der Waals surface area contributed by atoms with E-state index in [1.165, 1.54) is 17.3 Å². The molecule has 2 aromatic heterocycles. The third-order valence-electron chi connectivity index (χ3n) is 5.13. The van der Waals surface area contributed by atoms with E-state index in [-0.39, 0.29) is 11.3 Å². The van der Waals surface area contributed by atoms with Gasteiger partial charge in [-0.1, -0.05) is 41.9 Å². The quantitative estimate of drug-likeness (QED) is 0.614. The van der Waals surface area contributed by atoms with E-state index in [9.17, 15) is 10.2 Å². The monoisotopic (exact) mass is 403 g/mol. The molecule has 2 aliphatic rings. The van der Waals surface area contributed by atoms with Crippen LogP contribution in [0, 0.1) is 0 Å². The van der Waals surface area contributed by atoms with E-state index in [2.05, 4.69) is 32.6 Å². The summed E-state index contributed by atoms with van der Waals surface area (Å²) >= 11 is 7.70. The van der Waals surface area contributed by atoms with Gasteiger partial charge in [-0.2, -0.15) is 0 Å². The number of anilines is 1. The predicted molar refractivity (Wildman–Crippen MR) is 104 cm³/mol. The van der Waals surface area contributed by atoms with E-state index in [1.54, 1.807) is 10.6 Å². The van der Waals surface area contributed by atoms with Crippen molar-refractivity contribution in [1.29, 1.82) is 0 Å². The molecule has 27 heavy (non-hydrogen) atoms. The highest BCUT2D eigenvalue weighted by Gasteiger charge is 2.40. The molecule has 1 aliphatic carbocycles. The zero-order valence-electron chi connectivity index (χ0n) is 14.2. The van der Waals surface area contributed by atoms with Crippen molar-refractivity contribution in [2.24, 2.45) is 0 Å². The minimum absolute atomic E-state index is 0.274. The fourth-order valence-corrected chi connectivity index (χ4v) is 5.07. The SMILES string of the molecule is O[C@@H]1[C@H](O)CS[C@H]1c1nnc2c(N[C@H]3C[C@@H]3c3ccccc3)nc(Cl)cn12. The van der Waals surface area contributed by atoms with Crippen molar-refractivity contribution in [2.45, 2.75) is 35.8 Å². The number of hydrogen-bond acceptors (Lipinski definition) is 7. The number of fused-ring (bicyclic) bond motifs is 1. The van der Waals surface area contributed by atoms with E-state index >= 15 is 0 Å². The van der Waals surface area contributed by atoms with Crippen molar-refractivity contribution in [3.05, 3.63) is 53.1 Å². The van der Waals surface area contributed by atoms with Crippen molar-refractivity contribution in [2.75, 3.05) is 11.1 Å². The molecule has 0 spiro atoms. The average molecular weight is 404 g/mol. The lowest BCUT2D eigenvalue weighted by Crippen LogP contribution is -2.25. The summed E-state index contributed by atoms with van der Waals surface area (Å²) in [5.41, 5.74) is 1.87. The summed E-state index contributed by atoms with van der Waals surface area (Å²) in [6, 6.07) is 10.6.